The van der Waals surface area contributed by atoms with Crippen molar-refractivity contribution < 1.29 is 0 Å². The summed E-state index contributed by atoms with van der Waals surface area (Å²) in [5.41, 5.74) is 9.02. The van der Waals surface area contributed by atoms with E-state index < -0.39 is 0 Å². The van der Waals surface area contributed by atoms with Gasteiger partial charge in [-0.1, -0.05) is 12.1 Å². The van der Waals surface area contributed by atoms with Crippen molar-refractivity contribution >= 4 is 5.69 Å². The first-order valence-electron chi connectivity index (χ1n) is 7.97. The maximum atomic E-state index is 6.24. The number of likely N-dealkylation sites (N-methyl/N-ethyl adjacent to an activating group) is 1. The van der Waals surface area contributed by atoms with Gasteiger partial charge in [-0.3, -0.25) is 4.90 Å². The highest BCUT2D eigenvalue weighted by atomic mass is 15.3. The van der Waals surface area contributed by atoms with Crippen LogP contribution in [0.5, 0.6) is 0 Å². The van der Waals surface area contributed by atoms with Gasteiger partial charge in [0.05, 0.1) is 5.54 Å². The van der Waals surface area contributed by atoms with Gasteiger partial charge in [-0.05, 0) is 50.8 Å². The highest BCUT2D eigenvalue weighted by Gasteiger charge is 2.45. The van der Waals surface area contributed by atoms with Crippen LogP contribution in [0.4, 0.5) is 5.69 Å². The number of benzene rings is 1. The number of aryl methyl sites for hydroxylation is 1. The molecule has 20 heavy (non-hydrogen) atoms. The molecule has 3 rings (SSSR count). The molecule has 1 saturated heterocycles. The van der Waals surface area contributed by atoms with E-state index in [1.165, 1.54) is 37.1 Å². The molecule has 3 nitrogen and oxygen atoms in total. The van der Waals surface area contributed by atoms with Crippen LogP contribution in [0.15, 0.2) is 24.3 Å². The number of nitrogens with two attached hydrogens (primary N) is 1. The lowest BCUT2D eigenvalue weighted by molar-refractivity contribution is 0.296. The Morgan fingerprint density at radius 2 is 2.20 bits per heavy atom. The zero-order chi connectivity index (χ0) is 14.2. The van der Waals surface area contributed by atoms with Crippen molar-refractivity contribution in [3.05, 3.63) is 29.8 Å². The molecule has 1 aliphatic heterocycles. The molecule has 2 fully saturated rings. The van der Waals surface area contributed by atoms with Gasteiger partial charge < -0.3 is 10.6 Å². The Labute approximate surface area is 122 Å². The SMILES string of the molecule is CCN(c1cccc(C)c1)C1(CN)CCN(C2CC2)C1. The zero-order valence-corrected chi connectivity index (χ0v) is 12.8. The third-order valence-corrected chi connectivity index (χ3v) is 5.01. The highest BCUT2D eigenvalue weighted by Crippen LogP contribution is 2.37. The fraction of sp³-hybridized carbons (Fsp3) is 0.647. The molecule has 1 atom stereocenters. The smallest absolute Gasteiger partial charge is 0.0662 e. The maximum Gasteiger partial charge on any atom is 0.0662 e. The first kappa shape index (κ1) is 13.9. The van der Waals surface area contributed by atoms with Crippen molar-refractivity contribution in [3.63, 3.8) is 0 Å². The number of hydrogen-bond donors (Lipinski definition) is 1. The van der Waals surface area contributed by atoms with Gasteiger partial charge in [0.25, 0.3) is 0 Å². The summed E-state index contributed by atoms with van der Waals surface area (Å²) in [6, 6.07) is 9.69. The fourth-order valence-corrected chi connectivity index (χ4v) is 3.72. The average molecular weight is 273 g/mol. The molecule has 1 unspecified atom stereocenters. The first-order chi connectivity index (χ1) is 9.68. The Kier molecular flexibility index (Phi) is 3.74. The summed E-state index contributed by atoms with van der Waals surface area (Å²) in [4.78, 5) is 5.20. The maximum absolute atomic E-state index is 6.24. The lowest BCUT2D eigenvalue weighted by Gasteiger charge is -2.42. The van der Waals surface area contributed by atoms with E-state index in [0.29, 0.717) is 0 Å². The molecule has 2 aliphatic rings. The molecular formula is C17H27N3. The van der Waals surface area contributed by atoms with E-state index in [4.69, 9.17) is 5.73 Å². The zero-order valence-electron chi connectivity index (χ0n) is 12.8. The van der Waals surface area contributed by atoms with Gasteiger partial charge in [0.1, 0.15) is 0 Å². The molecule has 1 aliphatic carbocycles. The van der Waals surface area contributed by atoms with E-state index in [1.807, 2.05) is 0 Å². The monoisotopic (exact) mass is 273 g/mol. The highest BCUT2D eigenvalue weighted by molar-refractivity contribution is 5.51. The summed E-state index contributed by atoms with van der Waals surface area (Å²) in [6.07, 6.45) is 3.97. The van der Waals surface area contributed by atoms with Crippen LogP contribution in [0.1, 0.15) is 31.7 Å². The molecule has 0 radical (unpaired) electrons. The molecule has 3 heteroatoms. The van der Waals surface area contributed by atoms with Crippen LogP contribution >= 0.6 is 0 Å². The molecule has 1 saturated carbocycles. The lowest BCUT2D eigenvalue weighted by Crippen LogP contribution is -2.56. The Morgan fingerprint density at radius 1 is 1.40 bits per heavy atom. The van der Waals surface area contributed by atoms with Crippen LogP contribution in [0.25, 0.3) is 0 Å². The molecule has 1 aromatic carbocycles. The van der Waals surface area contributed by atoms with Crippen LogP contribution in [-0.2, 0) is 0 Å². The van der Waals surface area contributed by atoms with Gasteiger partial charge in [0.2, 0.25) is 0 Å². The minimum absolute atomic E-state index is 0.130. The summed E-state index contributed by atoms with van der Waals surface area (Å²) in [5.74, 6) is 0. The van der Waals surface area contributed by atoms with Gasteiger partial charge >= 0.3 is 0 Å². The van der Waals surface area contributed by atoms with E-state index in [9.17, 15) is 0 Å². The molecule has 0 bridgehead atoms. The summed E-state index contributed by atoms with van der Waals surface area (Å²) in [5, 5.41) is 0. The quantitative estimate of drug-likeness (QED) is 0.894. The molecule has 0 amide bonds. The number of hydrogen-bond acceptors (Lipinski definition) is 3. The molecule has 0 spiro atoms. The summed E-state index contributed by atoms with van der Waals surface area (Å²) in [6.45, 7) is 8.54. The van der Waals surface area contributed by atoms with E-state index in [2.05, 4.69) is 47.9 Å². The molecule has 0 aromatic heterocycles. The van der Waals surface area contributed by atoms with Crippen molar-refractivity contribution in [3.8, 4) is 0 Å². The number of nitrogens with zero attached hydrogens (tertiary/aromatic N) is 2. The van der Waals surface area contributed by atoms with Gasteiger partial charge in [0, 0.05) is 37.9 Å². The predicted molar refractivity (Wildman–Crippen MR) is 85.2 cm³/mol. The normalized spacial score (nSPS) is 26.9. The Morgan fingerprint density at radius 3 is 2.80 bits per heavy atom. The minimum atomic E-state index is 0.130. The van der Waals surface area contributed by atoms with Crippen molar-refractivity contribution in [1.82, 2.24) is 4.90 Å². The van der Waals surface area contributed by atoms with Gasteiger partial charge in [0.15, 0.2) is 0 Å². The summed E-state index contributed by atoms with van der Waals surface area (Å²) < 4.78 is 0. The van der Waals surface area contributed by atoms with Gasteiger partial charge in [-0.2, -0.15) is 0 Å². The van der Waals surface area contributed by atoms with Gasteiger partial charge in [-0.25, -0.2) is 0 Å². The Balaban J connectivity index is 1.86. The molecule has 1 heterocycles. The van der Waals surface area contributed by atoms with Crippen LogP contribution in [-0.4, -0.2) is 42.7 Å². The lowest BCUT2D eigenvalue weighted by atomic mass is 9.95. The molecular weight excluding hydrogens is 246 g/mol. The Hall–Kier alpha value is -1.06. The van der Waals surface area contributed by atoms with Crippen LogP contribution in [0, 0.1) is 6.92 Å². The van der Waals surface area contributed by atoms with Crippen LogP contribution in [0.2, 0.25) is 0 Å². The fourth-order valence-electron chi connectivity index (χ4n) is 3.72. The second-order valence-electron chi connectivity index (χ2n) is 6.46. The molecule has 2 N–H and O–H groups in total. The third-order valence-electron chi connectivity index (χ3n) is 5.01. The summed E-state index contributed by atoms with van der Waals surface area (Å²) >= 11 is 0. The van der Waals surface area contributed by atoms with Crippen LogP contribution in [0.3, 0.4) is 0 Å². The minimum Gasteiger partial charge on any atom is -0.364 e. The van der Waals surface area contributed by atoms with Gasteiger partial charge in [-0.15, -0.1) is 0 Å². The largest absolute Gasteiger partial charge is 0.364 e. The van der Waals surface area contributed by atoms with Crippen molar-refractivity contribution in [2.75, 3.05) is 31.1 Å². The molecule has 110 valence electrons. The third kappa shape index (κ3) is 2.45. The van der Waals surface area contributed by atoms with E-state index in [1.54, 1.807) is 0 Å². The van der Waals surface area contributed by atoms with E-state index in [0.717, 1.165) is 25.7 Å². The Bertz CT molecular complexity index is 469. The predicted octanol–water partition coefficient (Wildman–Crippen LogP) is 2.39. The van der Waals surface area contributed by atoms with Crippen molar-refractivity contribution in [2.45, 2.75) is 44.7 Å². The first-order valence-corrected chi connectivity index (χ1v) is 7.97. The van der Waals surface area contributed by atoms with Crippen molar-refractivity contribution in [1.29, 1.82) is 0 Å². The topological polar surface area (TPSA) is 32.5 Å². The van der Waals surface area contributed by atoms with E-state index >= 15 is 0 Å². The number of rotatable bonds is 5. The second kappa shape index (κ2) is 5.38. The van der Waals surface area contributed by atoms with Crippen LogP contribution < -0.4 is 10.6 Å². The van der Waals surface area contributed by atoms with Crippen molar-refractivity contribution in [2.24, 2.45) is 5.73 Å². The standard InChI is InChI=1S/C17H27N3/c1-3-20(16-6-4-5-14(2)11-16)17(12-18)9-10-19(13-17)15-7-8-15/h4-6,11,15H,3,7-10,12-13,18H2,1-2H3. The van der Waals surface area contributed by atoms with E-state index in [-0.39, 0.29) is 5.54 Å². The molecule has 1 aromatic rings. The number of likely N-dealkylation sites (tertiary alicyclic amines) is 1. The summed E-state index contributed by atoms with van der Waals surface area (Å²) in [7, 11) is 0. The number of anilines is 1. The second-order valence-corrected chi connectivity index (χ2v) is 6.46. The average Bonchev–Trinajstić information content (AvgIpc) is 3.21.